The van der Waals surface area contributed by atoms with Crippen LogP contribution in [0.1, 0.15) is 29.8 Å². The lowest BCUT2D eigenvalue weighted by Crippen LogP contribution is -2.37. The minimum absolute atomic E-state index is 0.00912. The number of nitrogens with zero attached hydrogens (tertiary/aromatic N) is 3. The average molecular weight is 354 g/mol. The zero-order valence-electron chi connectivity index (χ0n) is 15.5. The lowest BCUT2D eigenvalue weighted by atomic mass is 10.1. The van der Waals surface area contributed by atoms with Crippen molar-refractivity contribution in [1.82, 2.24) is 9.97 Å². The molecule has 1 aliphatic rings. The Bertz CT molecular complexity index is 720. The Hall–Kier alpha value is -2.47. The van der Waals surface area contributed by atoms with Crippen LogP contribution in [0.15, 0.2) is 30.3 Å². The van der Waals surface area contributed by atoms with E-state index < -0.39 is 0 Å². The first-order chi connectivity index (χ1) is 12.6. The van der Waals surface area contributed by atoms with Crippen molar-refractivity contribution >= 4 is 17.5 Å². The van der Waals surface area contributed by atoms with E-state index in [2.05, 4.69) is 32.3 Å². The van der Waals surface area contributed by atoms with Crippen LogP contribution in [0.5, 0.6) is 0 Å². The molecule has 6 heteroatoms. The monoisotopic (exact) mass is 354 g/mol. The lowest BCUT2D eigenvalue weighted by molar-refractivity contribution is -0.116. The molecule has 1 N–H and O–H groups in total. The van der Waals surface area contributed by atoms with Gasteiger partial charge in [-0.05, 0) is 32.3 Å². The topological polar surface area (TPSA) is 67.3 Å². The van der Waals surface area contributed by atoms with E-state index in [4.69, 9.17) is 4.74 Å². The van der Waals surface area contributed by atoms with Crippen LogP contribution in [-0.2, 0) is 16.0 Å². The molecule has 0 unspecified atom stereocenters. The molecule has 0 saturated carbocycles. The van der Waals surface area contributed by atoms with Gasteiger partial charge in [-0.25, -0.2) is 9.97 Å². The highest BCUT2D eigenvalue weighted by Crippen LogP contribution is 2.21. The number of anilines is 2. The van der Waals surface area contributed by atoms with E-state index in [0.29, 0.717) is 25.6 Å². The van der Waals surface area contributed by atoms with Crippen molar-refractivity contribution in [2.24, 2.45) is 0 Å². The fraction of sp³-hybridized carbons (Fsp3) is 0.450. The number of rotatable bonds is 6. The van der Waals surface area contributed by atoms with Crippen molar-refractivity contribution in [3.05, 3.63) is 47.3 Å². The Labute approximate surface area is 154 Å². The van der Waals surface area contributed by atoms with Crippen LogP contribution in [0.2, 0.25) is 0 Å². The molecule has 6 nitrogen and oxygen atoms in total. The second kappa shape index (κ2) is 8.76. The van der Waals surface area contributed by atoms with Crippen molar-refractivity contribution in [1.29, 1.82) is 0 Å². The molecule has 26 heavy (non-hydrogen) atoms. The van der Waals surface area contributed by atoms with Crippen LogP contribution in [0.3, 0.4) is 0 Å². The summed E-state index contributed by atoms with van der Waals surface area (Å²) in [6, 6.07) is 10.2. The number of hydrogen-bond donors (Lipinski definition) is 1. The van der Waals surface area contributed by atoms with Gasteiger partial charge in [-0.15, -0.1) is 0 Å². The molecule has 0 atom stereocenters. The molecule has 1 amide bonds. The van der Waals surface area contributed by atoms with E-state index in [1.54, 1.807) is 0 Å². The van der Waals surface area contributed by atoms with E-state index in [1.807, 2.05) is 32.0 Å². The van der Waals surface area contributed by atoms with Gasteiger partial charge >= 0.3 is 0 Å². The number of aryl methyl sites for hydroxylation is 3. The lowest BCUT2D eigenvalue weighted by Gasteiger charge is -2.27. The van der Waals surface area contributed by atoms with Gasteiger partial charge in [0.1, 0.15) is 0 Å². The molecule has 0 spiro atoms. The summed E-state index contributed by atoms with van der Waals surface area (Å²) in [6.07, 6.45) is 2.21. The maximum absolute atomic E-state index is 12.3. The quantitative estimate of drug-likeness (QED) is 0.864. The Morgan fingerprint density at radius 2 is 1.77 bits per heavy atom. The van der Waals surface area contributed by atoms with Crippen LogP contribution in [0.25, 0.3) is 0 Å². The van der Waals surface area contributed by atoms with Crippen molar-refractivity contribution < 1.29 is 9.53 Å². The van der Waals surface area contributed by atoms with E-state index in [-0.39, 0.29) is 5.91 Å². The van der Waals surface area contributed by atoms with Gasteiger partial charge in [0.05, 0.1) is 30.3 Å². The summed E-state index contributed by atoms with van der Waals surface area (Å²) in [4.78, 5) is 23.6. The molecule has 3 rings (SSSR count). The predicted octanol–water partition coefficient (Wildman–Crippen LogP) is 2.89. The summed E-state index contributed by atoms with van der Waals surface area (Å²) in [5.74, 6) is 0.722. The van der Waals surface area contributed by atoms with E-state index in [9.17, 15) is 4.79 Å². The smallest absolute Gasteiger partial charge is 0.226 e. The Morgan fingerprint density at radius 1 is 1.12 bits per heavy atom. The van der Waals surface area contributed by atoms with Crippen LogP contribution in [0.4, 0.5) is 11.6 Å². The van der Waals surface area contributed by atoms with Gasteiger partial charge in [-0.1, -0.05) is 30.3 Å². The number of morpholine rings is 1. The SMILES string of the molecule is Cc1nc(N2CCOCC2)nc(C)c1NC(=O)CCCc1ccccc1. The third-order valence-electron chi connectivity index (χ3n) is 4.53. The second-order valence-electron chi connectivity index (χ2n) is 6.56. The number of hydrogen-bond acceptors (Lipinski definition) is 5. The molecule has 2 heterocycles. The van der Waals surface area contributed by atoms with Crippen LogP contribution >= 0.6 is 0 Å². The van der Waals surface area contributed by atoms with E-state index in [0.717, 1.165) is 43.0 Å². The maximum atomic E-state index is 12.3. The Kier molecular flexibility index (Phi) is 6.17. The van der Waals surface area contributed by atoms with Crippen LogP contribution in [0, 0.1) is 13.8 Å². The van der Waals surface area contributed by atoms with Gasteiger partial charge in [0.25, 0.3) is 0 Å². The minimum atomic E-state index is 0.00912. The predicted molar refractivity (Wildman–Crippen MR) is 103 cm³/mol. The summed E-state index contributed by atoms with van der Waals surface area (Å²) in [5.41, 5.74) is 3.59. The number of carbonyl (C=O) groups is 1. The maximum Gasteiger partial charge on any atom is 0.226 e. The Balaban J connectivity index is 1.57. The summed E-state index contributed by atoms with van der Waals surface area (Å²) in [5, 5.41) is 2.99. The zero-order chi connectivity index (χ0) is 18.4. The molecule has 1 aliphatic heterocycles. The van der Waals surface area contributed by atoms with Gasteiger partial charge < -0.3 is 15.0 Å². The average Bonchev–Trinajstić information content (AvgIpc) is 2.66. The first-order valence-corrected chi connectivity index (χ1v) is 9.15. The van der Waals surface area contributed by atoms with E-state index in [1.165, 1.54) is 5.56 Å². The highest BCUT2D eigenvalue weighted by Gasteiger charge is 2.17. The summed E-state index contributed by atoms with van der Waals surface area (Å²) in [7, 11) is 0. The summed E-state index contributed by atoms with van der Waals surface area (Å²) in [6.45, 7) is 6.81. The first-order valence-electron chi connectivity index (χ1n) is 9.15. The molecule has 2 aromatic rings. The molecule has 1 aromatic carbocycles. The van der Waals surface area contributed by atoms with E-state index >= 15 is 0 Å². The standard InChI is InChI=1S/C20H26N4O2/c1-15-19(16(2)22-20(21-15)24-11-13-26-14-12-24)23-18(25)10-6-9-17-7-4-3-5-8-17/h3-5,7-8H,6,9-14H2,1-2H3,(H,23,25). The summed E-state index contributed by atoms with van der Waals surface area (Å²) >= 11 is 0. The molecule has 138 valence electrons. The second-order valence-corrected chi connectivity index (χ2v) is 6.56. The normalized spacial score (nSPS) is 14.3. The van der Waals surface area contributed by atoms with Gasteiger partial charge in [-0.3, -0.25) is 4.79 Å². The number of benzene rings is 1. The molecule has 1 aromatic heterocycles. The summed E-state index contributed by atoms with van der Waals surface area (Å²) < 4.78 is 5.37. The Morgan fingerprint density at radius 3 is 2.42 bits per heavy atom. The number of aromatic nitrogens is 2. The van der Waals surface area contributed by atoms with Gasteiger partial charge in [0.15, 0.2) is 0 Å². The third-order valence-corrected chi connectivity index (χ3v) is 4.53. The molecule has 0 radical (unpaired) electrons. The van der Waals surface area contributed by atoms with Crippen molar-refractivity contribution in [3.8, 4) is 0 Å². The highest BCUT2D eigenvalue weighted by molar-refractivity contribution is 5.91. The van der Waals surface area contributed by atoms with Crippen LogP contribution < -0.4 is 10.2 Å². The van der Waals surface area contributed by atoms with Crippen molar-refractivity contribution in [2.45, 2.75) is 33.1 Å². The fourth-order valence-corrected chi connectivity index (χ4v) is 3.08. The number of carbonyl (C=O) groups excluding carboxylic acids is 1. The first kappa shape index (κ1) is 18.3. The third kappa shape index (κ3) is 4.79. The minimum Gasteiger partial charge on any atom is -0.378 e. The zero-order valence-corrected chi connectivity index (χ0v) is 15.5. The van der Waals surface area contributed by atoms with Gasteiger partial charge in [0, 0.05) is 19.5 Å². The number of amides is 1. The number of nitrogens with one attached hydrogen (secondary N) is 1. The van der Waals surface area contributed by atoms with Gasteiger partial charge in [0.2, 0.25) is 11.9 Å². The molecule has 1 saturated heterocycles. The van der Waals surface area contributed by atoms with Crippen molar-refractivity contribution in [3.63, 3.8) is 0 Å². The highest BCUT2D eigenvalue weighted by atomic mass is 16.5. The van der Waals surface area contributed by atoms with Gasteiger partial charge in [-0.2, -0.15) is 0 Å². The largest absolute Gasteiger partial charge is 0.378 e. The molecular weight excluding hydrogens is 328 g/mol. The van der Waals surface area contributed by atoms with Crippen LogP contribution in [-0.4, -0.2) is 42.2 Å². The molecule has 0 aliphatic carbocycles. The number of ether oxygens (including phenoxy) is 1. The molecule has 1 fully saturated rings. The van der Waals surface area contributed by atoms with Crippen molar-refractivity contribution in [2.75, 3.05) is 36.5 Å². The molecule has 0 bridgehead atoms. The molecular formula is C20H26N4O2. The fourth-order valence-electron chi connectivity index (χ4n) is 3.08.